The van der Waals surface area contributed by atoms with Crippen LogP contribution in [-0.2, 0) is 28.0 Å². The molecule has 0 aliphatic carbocycles. The van der Waals surface area contributed by atoms with Gasteiger partial charge in [0, 0.05) is 17.4 Å². The first-order valence-electron chi connectivity index (χ1n) is 9.39. The van der Waals surface area contributed by atoms with Crippen LogP contribution in [0.15, 0.2) is 39.5 Å². The first kappa shape index (κ1) is 23.9. The van der Waals surface area contributed by atoms with Gasteiger partial charge in [-0.1, -0.05) is 19.0 Å². The van der Waals surface area contributed by atoms with Gasteiger partial charge in [-0.25, -0.2) is 22.9 Å². The van der Waals surface area contributed by atoms with Crippen LogP contribution in [0.25, 0.3) is 11.5 Å². The number of halogens is 4. The number of hydrogen-bond donors (Lipinski definition) is 1. The zero-order valence-corrected chi connectivity index (χ0v) is 17.9. The average Bonchev–Trinajstić information content (AvgIpc) is 3.34. The number of rotatable bonds is 8. The predicted molar refractivity (Wildman–Crippen MR) is 104 cm³/mol. The molecule has 1 aromatic carbocycles. The van der Waals surface area contributed by atoms with Crippen LogP contribution in [0.5, 0.6) is 0 Å². The van der Waals surface area contributed by atoms with Crippen molar-refractivity contribution in [1.29, 1.82) is 0 Å². The van der Waals surface area contributed by atoms with Crippen LogP contribution < -0.4 is 5.14 Å². The number of aromatic nitrogens is 3. The maximum Gasteiger partial charge on any atom is 0.471 e. The van der Waals surface area contributed by atoms with Gasteiger partial charge in [-0.05, 0) is 37.1 Å². The van der Waals surface area contributed by atoms with Crippen molar-refractivity contribution in [3.63, 3.8) is 0 Å². The zero-order valence-electron chi connectivity index (χ0n) is 17.1. The van der Waals surface area contributed by atoms with Crippen molar-refractivity contribution in [3.05, 3.63) is 53.8 Å². The van der Waals surface area contributed by atoms with Crippen molar-refractivity contribution in [2.24, 2.45) is 5.14 Å². The molecule has 3 rings (SSSR count). The second-order valence-corrected chi connectivity index (χ2v) is 9.74. The highest BCUT2D eigenvalue weighted by molar-refractivity contribution is 7.89. The second-order valence-electron chi connectivity index (χ2n) is 7.90. The summed E-state index contributed by atoms with van der Waals surface area (Å²) in [5.74, 6) is -1.97. The normalized spacial score (nSPS) is 14.0. The summed E-state index contributed by atoms with van der Waals surface area (Å²) in [6, 6.07) is 5.49. The standard InChI is InChI=1S/C19H20F4N4O4S/c1-18(2,14-10-30-16(25-14)11-3-5-12(20)6-4-11)9-13(32(24,28)29)7-8-15-26-17(31-27-15)19(21,22)23/h3-6,10,13H,7-9H2,1-2H3,(H2,24,28,29). The highest BCUT2D eigenvalue weighted by atomic mass is 32.2. The summed E-state index contributed by atoms with van der Waals surface area (Å²) in [5, 5.41) is 7.49. The molecular weight excluding hydrogens is 456 g/mol. The van der Waals surface area contributed by atoms with Gasteiger partial charge in [0.2, 0.25) is 15.9 Å². The van der Waals surface area contributed by atoms with E-state index in [9.17, 15) is 26.0 Å². The van der Waals surface area contributed by atoms with Crippen molar-refractivity contribution in [2.45, 2.75) is 50.0 Å². The molecule has 13 heteroatoms. The zero-order chi connectivity index (χ0) is 23.7. The second kappa shape index (κ2) is 8.62. The number of aryl methyl sites for hydroxylation is 1. The van der Waals surface area contributed by atoms with E-state index in [0.717, 1.165) is 0 Å². The summed E-state index contributed by atoms with van der Waals surface area (Å²) < 4.78 is 84.8. The third kappa shape index (κ3) is 5.71. The molecule has 2 N–H and O–H groups in total. The molecule has 8 nitrogen and oxygen atoms in total. The topological polar surface area (TPSA) is 125 Å². The highest BCUT2D eigenvalue weighted by Gasteiger charge is 2.39. The minimum atomic E-state index is -4.79. The van der Waals surface area contributed by atoms with Crippen LogP contribution >= 0.6 is 0 Å². The third-order valence-corrected chi connectivity index (χ3v) is 6.22. The largest absolute Gasteiger partial charge is 0.471 e. The fraction of sp³-hybridized carbons (Fsp3) is 0.421. The van der Waals surface area contributed by atoms with Gasteiger partial charge in [0.15, 0.2) is 5.82 Å². The number of alkyl halides is 3. The van der Waals surface area contributed by atoms with Crippen LogP contribution in [0, 0.1) is 5.82 Å². The Morgan fingerprint density at radius 2 is 1.78 bits per heavy atom. The molecule has 0 fully saturated rings. The Labute approximate surface area is 180 Å². The molecule has 0 saturated heterocycles. The van der Waals surface area contributed by atoms with Crippen molar-refractivity contribution < 1.29 is 34.9 Å². The summed E-state index contributed by atoms with van der Waals surface area (Å²) in [6.07, 6.45) is -3.72. The molecule has 0 aliphatic rings. The highest BCUT2D eigenvalue weighted by Crippen LogP contribution is 2.33. The van der Waals surface area contributed by atoms with E-state index in [4.69, 9.17) is 9.56 Å². The van der Waals surface area contributed by atoms with Gasteiger partial charge in [0.25, 0.3) is 0 Å². The van der Waals surface area contributed by atoms with E-state index in [1.54, 1.807) is 13.8 Å². The van der Waals surface area contributed by atoms with E-state index >= 15 is 0 Å². The molecule has 174 valence electrons. The van der Waals surface area contributed by atoms with Crippen LogP contribution in [0.3, 0.4) is 0 Å². The van der Waals surface area contributed by atoms with E-state index in [1.165, 1.54) is 30.5 Å². The Morgan fingerprint density at radius 3 is 2.34 bits per heavy atom. The van der Waals surface area contributed by atoms with Crippen LogP contribution in [-0.4, -0.2) is 28.8 Å². The van der Waals surface area contributed by atoms with Gasteiger partial charge >= 0.3 is 12.1 Å². The molecule has 2 heterocycles. The Kier molecular flexibility index (Phi) is 6.43. The van der Waals surface area contributed by atoms with E-state index in [0.29, 0.717) is 11.3 Å². The average molecular weight is 476 g/mol. The van der Waals surface area contributed by atoms with Crippen LogP contribution in [0.1, 0.15) is 44.1 Å². The number of nitrogens with two attached hydrogens (primary N) is 1. The van der Waals surface area contributed by atoms with Crippen molar-refractivity contribution in [3.8, 4) is 11.5 Å². The quantitative estimate of drug-likeness (QED) is 0.490. The number of nitrogens with zero attached hydrogens (tertiary/aromatic N) is 3. The Morgan fingerprint density at radius 1 is 1.12 bits per heavy atom. The Hall–Kier alpha value is -2.80. The van der Waals surface area contributed by atoms with Gasteiger partial charge in [0.1, 0.15) is 12.1 Å². The molecule has 3 aromatic rings. The molecule has 1 unspecified atom stereocenters. The fourth-order valence-electron chi connectivity index (χ4n) is 3.13. The number of benzene rings is 1. The lowest BCUT2D eigenvalue weighted by molar-refractivity contribution is -0.159. The molecule has 0 bridgehead atoms. The van der Waals surface area contributed by atoms with Crippen LogP contribution in [0.2, 0.25) is 0 Å². The Balaban J connectivity index is 1.75. The SMILES string of the molecule is CC(C)(CC(CCc1noc(C(F)(F)F)n1)S(N)(=O)=O)c1coc(-c2ccc(F)cc2)n1. The van der Waals surface area contributed by atoms with Crippen molar-refractivity contribution in [1.82, 2.24) is 15.1 Å². The molecule has 0 spiro atoms. The molecular formula is C19H20F4N4O4S. The minimum Gasteiger partial charge on any atom is -0.444 e. The molecule has 0 saturated carbocycles. The predicted octanol–water partition coefficient (Wildman–Crippen LogP) is 3.84. The fourth-order valence-corrected chi connectivity index (χ4v) is 4.22. The monoisotopic (exact) mass is 476 g/mol. The third-order valence-electron chi connectivity index (χ3n) is 4.89. The molecule has 1 atom stereocenters. The molecule has 0 aliphatic heterocycles. The maximum atomic E-state index is 13.1. The van der Waals surface area contributed by atoms with Gasteiger partial charge in [-0.2, -0.15) is 18.2 Å². The lowest BCUT2D eigenvalue weighted by atomic mass is 9.84. The smallest absolute Gasteiger partial charge is 0.444 e. The molecule has 32 heavy (non-hydrogen) atoms. The molecule has 0 amide bonds. The minimum absolute atomic E-state index is 0.00516. The summed E-state index contributed by atoms with van der Waals surface area (Å²) in [4.78, 5) is 7.62. The maximum absolute atomic E-state index is 13.1. The van der Waals surface area contributed by atoms with E-state index in [-0.39, 0.29) is 31.0 Å². The molecule has 0 radical (unpaired) electrons. The van der Waals surface area contributed by atoms with E-state index in [2.05, 4.69) is 19.6 Å². The lowest BCUT2D eigenvalue weighted by Gasteiger charge is -2.26. The first-order chi connectivity index (χ1) is 14.8. The number of hydrogen-bond acceptors (Lipinski definition) is 7. The summed E-state index contributed by atoms with van der Waals surface area (Å²) in [7, 11) is -4.06. The summed E-state index contributed by atoms with van der Waals surface area (Å²) in [5.41, 5.74) is 0.145. The van der Waals surface area contributed by atoms with Gasteiger partial charge in [-0.15, -0.1) is 0 Å². The van der Waals surface area contributed by atoms with E-state index in [1.807, 2.05) is 0 Å². The molecule has 2 aromatic heterocycles. The van der Waals surface area contributed by atoms with Crippen molar-refractivity contribution in [2.75, 3.05) is 0 Å². The van der Waals surface area contributed by atoms with Gasteiger partial charge < -0.3 is 8.94 Å². The van der Waals surface area contributed by atoms with E-state index < -0.39 is 38.6 Å². The van der Waals surface area contributed by atoms with Crippen LogP contribution in [0.4, 0.5) is 17.6 Å². The number of primary sulfonamides is 1. The number of oxazole rings is 1. The lowest BCUT2D eigenvalue weighted by Crippen LogP contribution is -2.35. The van der Waals surface area contributed by atoms with Gasteiger partial charge in [0.05, 0.1) is 10.9 Å². The Bertz CT molecular complexity index is 1170. The first-order valence-corrected chi connectivity index (χ1v) is 11.0. The van der Waals surface area contributed by atoms with Crippen molar-refractivity contribution >= 4 is 10.0 Å². The number of sulfonamides is 1. The van der Waals surface area contributed by atoms with Gasteiger partial charge in [-0.3, -0.25) is 0 Å². The summed E-state index contributed by atoms with van der Waals surface area (Å²) >= 11 is 0. The summed E-state index contributed by atoms with van der Waals surface area (Å²) in [6.45, 7) is 3.46.